The number of hydrogen-bond donors (Lipinski definition) is 1. The molecule has 1 heterocycles. The Morgan fingerprint density at radius 1 is 1.18 bits per heavy atom. The largest absolute Gasteiger partial charge is 0.465 e. The zero-order chi connectivity index (χ0) is 20.3. The standard InChI is InChI=1S/C20H17ClFNO5/c21-15-9-13(6-7-16(15)22)8-14-10-17(23(18(14)24)20(26)27)19(25)28-11-12-4-2-1-3-5-12/h1-7,9,14,17H,8,10-11H2,(H,26,27)/t14-,17+/m0/s1. The Labute approximate surface area is 165 Å². The second kappa shape index (κ2) is 8.39. The number of rotatable bonds is 5. The Morgan fingerprint density at radius 3 is 2.54 bits per heavy atom. The van der Waals surface area contributed by atoms with Crippen LogP contribution in [0.1, 0.15) is 17.5 Å². The lowest BCUT2D eigenvalue weighted by Gasteiger charge is -2.18. The number of likely N-dealkylation sites (tertiary alicyclic amines) is 1. The third kappa shape index (κ3) is 4.31. The molecule has 1 aliphatic heterocycles. The fraction of sp³-hybridized carbons (Fsp3) is 0.250. The average molecular weight is 406 g/mol. The van der Waals surface area contributed by atoms with E-state index < -0.39 is 35.7 Å². The van der Waals surface area contributed by atoms with Crippen LogP contribution in [0.5, 0.6) is 0 Å². The zero-order valence-electron chi connectivity index (χ0n) is 14.7. The molecule has 1 N–H and O–H groups in total. The highest BCUT2D eigenvalue weighted by molar-refractivity contribution is 6.30. The number of benzene rings is 2. The van der Waals surface area contributed by atoms with Crippen molar-refractivity contribution in [1.82, 2.24) is 4.90 Å². The molecule has 1 saturated heterocycles. The molecule has 0 bridgehead atoms. The molecule has 2 atom stereocenters. The van der Waals surface area contributed by atoms with Crippen molar-refractivity contribution in [1.29, 1.82) is 0 Å². The summed E-state index contributed by atoms with van der Waals surface area (Å²) in [5.74, 6) is -2.79. The molecule has 2 amide bonds. The molecule has 0 spiro atoms. The summed E-state index contributed by atoms with van der Waals surface area (Å²) in [5.41, 5.74) is 1.33. The minimum absolute atomic E-state index is 0.00620. The van der Waals surface area contributed by atoms with Crippen molar-refractivity contribution < 1.29 is 28.6 Å². The van der Waals surface area contributed by atoms with Crippen molar-refractivity contribution in [3.05, 3.63) is 70.5 Å². The van der Waals surface area contributed by atoms with Gasteiger partial charge in [0.2, 0.25) is 5.91 Å². The molecule has 0 aliphatic carbocycles. The van der Waals surface area contributed by atoms with Crippen LogP contribution < -0.4 is 0 Å². The number of halogens is 2. The van der Waals surface area contributed by atoms with E-state index in [1.807, 2.05) is 6.07 Å². The van der Waals surface area contributed by atoms with Crippen LogP contribution in [-0.2, 0) is 27.4 Å². The molecule has 6 nitrogen and oxygen atoms in total. The fourth-order valence-electron chi connectivity index (χ4n) is 3.20. The van der Waals surface area contributed by atoms with E-state index in [9.17, 15) is 23.9 Å². The lowest BCUT2D eigenvalue weighted by Crippen LogP contribution is -2.43. The van der Waals surface area contributed by atoms with Crippen LogP contribution in [0.25, 0.3) is 0 Å². The summed E-state index contributed by atoms with van der Waals surface area (Å²) < 4.78 is 18.5. The normalized spacial score (nSPS) is 18.9. The van der Waals surface area contributed by atoms with E-state index in [0.717, 1.165) is 5.56 Å². The first-order valence-corrected chi connectivity index (χ1v) is 8.95. The van der Waals surface area contributed by atoms with Crippen LogP contribution in [0, 0.1) is 11.7 Å². The number of nitrogens with zero attached hydrogens (tertiary/aromatic N) is 1. The van der Waals surface area contributed by atoms with Gasteiger partial charge < -0.3 is 9.84 Å². The molecule has 2 aromatic carbocycles. The first kappa shape index (κ1) is 19.8. The topological polar surface area (TPSA) is 83.9 Å². The molecule has 0 aromatic heterocycles. The van der Waals surface area contributed by atoms with Crippen LogP contribution in [0.15, 0.2) is 48.5 Å². The molecule has 2 aromatic rings. The third-order valence-corrected chi connectivity index (χ3v) is 4.86. The van der Waals surface area contributed by atoms with E-state index in [-0.39, 0.29) is 24.5 Å². The van der Waals surface area contributed by atoms with E-state index in [2.05, 4.69) is 0 Å². The minimum Gasteiger partial charge on any atom is -0.465 e. The summed E-state index contributed by atoms with van der Waals surface area (Å²) in [5, 5.41) is 9.29. The molecule has 0 saturated carbocycles. The van der Waals surface area contributed by atoms with E-state index >= 15 is 0 Å². The maximum atomic E-state index is 13.3. The third-order valence-electron chi connectivity index (χ3n) is 4.57. The number of ether oxygens (including phenoxy) is 1. The molecule has 1 fully saturated rings. The Kier molecular flexibility index (Phi) is 5.94. The quantitative estimate of drug-likeness (QED) is 0.767. The number of imide groups is 1. The highest BCUT2D eigenvalue weighted by atomic mass is 35.5. The zero-order valence-corrected chi connectivity index (χ0v) is 15.4. The molecule has 3 rings (SSSR count). The Hall–Kier alpha value is -2.93. The number of carbonyl (C=O) groups is 3. The van der Waals surface area contributed by atoms with Gasteiger partial charge in [-0.1, -0.05) is 48.0 Å². The van der Waals surface area contributed by atoms with Gasteiger partial charge in [0.1, 0.15) is 18.5 Å². The molecule has 28 heavy (non-hydrogen) atoms. The first-order valence-electron chi connectivity index (χ1n) is 8.57. The monoisotopic (exact) mass is 405 g/mol. The van der Waals surface area contributed by atoms with Crippen LogP contribution in [-0.4, -0.2) is 34.0 Å². The van der Waals surface area contributed by atoms with Gasteiger partial charge in [-0.25, -0.2) is 18.9 Å². The van der Waals surface area contributed by atoms with E-state index in [1.165, 1.54) is 18.2 Å². The van der Waals surface area contributed by atoms with Gasteiger partial charge in [-0.2, -0.15) is 0 Å². The number of carbonyl (C=O) groups excluding carboxylic acids is 2. The molecule has 8 heteroatoms. The number of amides is 2. The molecular formula is C20H17ClFNO5. The highest BCUT2D eigenvalue weighted by Crippen LogP contribution is 2.30. The minimum atomic E-state index is -1.51. The summed E-state index contributed by atoms with van der Waals surface area (Å²) in [6.45, 7) is -0.0178. The van der Waals surface area contributed by atoms with E-state index in [4.69, 9.17) is 16.3 Å². The summed E-state index contributed by atoms with van der Waals surface area (Å²) in [7, 11) is 0. The molecular weight excluding hydrogens is 389 g/mol. The Morgan fingerprint density at radius 2 is 1.89 bits per heavy atom. The van der Waals surface area contributed by atoms with E-state index in [1.54, 1.807) is 24.3 Å². The van der Waals surface area contributed by atoms with Crippen molar-refractivity contribution in [2.24, 2.45) is 5.92 Å². The first-order chi connectivity index (χ1) is 13.4. The fourth-order valence-corrected chi connectivity index (χ4v) is 3.41. The smallest absolute Gasteiger partial charge is 0.414 e. The average Bonchev–Trinajstić information content (AvgIpc) is 3.00. The van der Waals surface area contributed by atoms with E-state index in [0.29, 0.717) is 10.5 Å². The van der Waals surface area contributed by atoms with Crippen molar-refractivity contribution >= 4 is 29.6 Å². The second-order valence-electron chi connectivity index (χ2n) is 6.49. The second-order valence-corrected chi connectivity index (χ2v) is 6.89. The maximum absolute atomic E-state index is 13.3. The van der Waals surface area contributed by atoms with Gasteiger partial charge in [-0.05, 0) is 36.1 Å². The maximum Gasteiger partial charge on any atom is 0.414 e. The van der Waals surface area contributed by atoms with Crippen molar-refractivity contribution in [2.75, 3.05) is 0 Å². The lowest BCUT2D eigenvalue weighted by molar-refractivity contribution is -0.152. The van der Waals surface area contributed by atoms with Crippen molar-refractivity contribution in [2.45, 2.75) is 25.5 Å². The van der Waals surface area contributed by atoms with Crippen LogP contribution >= 0.6 is 11.6 Å². The summed E-state index contributed by atoms with van der Waals surface area (Å²) >= 11 is 5.75. The number of esters is 1. The summed E-state index contributed by atoms with van der Waals surface area (Å²) in [6.07, 6.45) is -1.37. The lowest BCUT2D eigenvalue weighted by atomic mass is 9.96. The highest BCUT2D eigenvalue weighted by Gasteiger charge is 2.47. The van der Waals surface area contributed by atoms with Gasteiger partial charge >= 0.3 is 12.1 Å². The molecule has 146 valence electrons. The van der Waals surface area contributed by atoms with Crippen LogP contribution in [0.2, 0.25) is 5.02 Å². The molecule has 0 radical (unpaired) electrons. The van der Waals surface area contributed by atoms with Gasteiger partial charge in [-0.15, -0.1) is 0 Å². The van der Waals surface area contributed by atoms with Crippen molar-refractivity contribution in [3.8, 4) is 0 Å². The van der Waals surface area contributed by atoms with Crippen LogP contribution in [0.4, 0.5) is 9.18 Å². The Balaban J connectivity index is 1.71. The Bertz CT molecular complexity index is 905. The number of hydrogen-bond acceptors (Lipinski definition) is 4. The molecule has 0 unspecified atom stereocenters. The van der Waals surface area contributed by atoms with Crippen LogP contribution in [0.3, 0.4) is 0 Å². The number of carboxylic acid groups (broad SMARTS) is 1. The SMILES string of the molecule is O=C(OCc1ccccc1)[C@H]1C[C@H](Cc2ccc(F)c(Cl)c2)C(=O)N1C(=O)O. The summed E-state index contributed by atoms with van der Waals surface area (Å²) in [4.78, 5) is 37.0. The van der Waals surface area contributed by atoms with Gasteiger partial charge in [0.25, 0.3) is 0 Å². The van der Waals surface area contributed by atoms with Crippen molar-refractivity contribution in [3.63, 3.8) is 0 Å². The van der Waals surface area contributed by atoms with Gasteiger partial charge in [0, 0.05) is 5.92 Å². The van der Waals surface area contributed by atoms with Gasteiger partial charge in [-0.3, -0.25) is 4.79 Å². The molecule has 1 aliphatic rings. The summed E-state index contributed by atoms with van der Waals surface area (Å²) in [6, 6.07) is 11.8. The predicted molar refractivity (Wildman–Crippen MR) is 98.1 cm³/mol. The predicted octanol–water partition coefficient (Wildman–Crippen LogP) is 3.66. The van der Waals surface area contributed by atoms with Gasteiger partial charge in [0.05, 0.1) is 5.02 Å². The van der Waals surface area contributed by atoms with Gasteiger partial charge in [0.15, 0.2) is 0 Å².